The number of hydrogen-bond acceptors (Lipinski definition) is 5. The molecule has 0 radical (unpaired) electrons. The predicted molar refractivity (Wildman–Crippen MR) is 87.7 cm³/mol. The summed E-state index contributed by atoms with van der Waals surface area (Å²) in [6, 6.07) is 8.61. The standard InChI is InChI=1S/C15H15BrN6/c1-9-6-14(12-7-10(16)2-3-13(12)17-9)18-11-4-5-22-15(8-11)19-20-21-22/h2-3,6-7,11H,4-5,8H2,1H3,(H,17,18). The maximum Gasteiger partial charge on any atom is 0.153 e. The van der Waals surface area contributed by atoms with Crippen LogP contribution < -0.4 is 5.32 Å². The van der Waals surface area contributed by atoms with Crippen molar-refractivity contribution in [1.29, 1.82) is 0 Å². The van der Waals surface area contributed by atoms with Gasteiger partial charge < -0.3 is 5.32 Å². The highest BCUT2D eigenvalue weighted by molar-refractivity contribution is 9.10. The molecule has 2 aromatic heterocycles. The van der Waals surface area contributed by atoms with Crippen LogP contribution in [-0.4, -0.2) is 31.2 Å². The van der Waals surface area contributed by atoms with Gasteiger partial charge in [0, 0.05) is 40.2 Å². The summed E-state index contributed by atoms with van der Waals surface area (Å²) in [5.41, 5.74) is 3.14. The summed E-state index contributed by atoms with van der Waals surface area (Å²) in [6.45, 7) is 2.87. The molecule has 0 spiro atoms. The van der Waals surface area contributed by atoms with E-state index in [4.69, 9.17) is 0 Å². The highest BCUT2D eigenvalue weighted by atomic mass is 79.9. The van der Waals surface area contributed by atoms with Crippen LogP contribution in [0.15, 0.2) is 28.7 Å². The monoisotopic (exact) mass is 358 g/mol. The number of nitrogens with one attached hydrogen (secondary N) is 1. The van der Waals surface area contributed by atoms with Gasteiger partial charge in [0.2, 0.25) is 0 Å². The molecule has 3 aromatic rings. The number of tetrazole rings is 1. The molecule has 1 atom stereocenters. The third-order valence-electron chi connectivity index (χ3n) is 3.98. The maximum atomic E-state index is 4.60. The lowest BCUT2D eigenvalue weighted by Crippen LogP contribution is -2.30. The highest BCUT2D eigenvalue weighted by Gasteiger charge is 2.21. The number of halogens is 1. The Morgan fingerprint density at radius 3 is 3.14 bits per heavy atom. The number of aryl methyl sites for hydroxylation is 2. The molecule has 7 heteroatoms. The summed E-state index contributed by atoms with van der Waals surface area (Å²) in [5.74, 6) is 0.944. The Labute approximate surface area is 136 Å². The average Bonchev–Trinajstić information content (AvgIpc) is 2.95. The smallest absolute Gasteiger partial charge is 0.153 e. The number of hydrogen-bond donors (Lipinski definition) is 1. The van der Waals surface area contributed by atoms with Crippen molar-refractivity contribution in [3.63, 3.8) is 0 Å². The van der Waals surface area contributed by atoms with Crippen molar-refractivity contribution in [1.82, 2.24) is 25.2 Å². The van der Waals surface area contributed by atoms with Crippen LogP contribution in [-0.2, 0) is 13.0 Å². The second-order valence-corrected chi connectivity index (χ2v) is 6.54. The molecule has 0 saturated carbocycles. The number of rotatable bonds is 2. The van der Waals surface area contributed by atoms with Gasteiger partial charge in [0.25, 0.3) is 0 Å². The molecular formula is C15H15BrN6. The molecule has 4 rings (SSSR count). The van der Waals surface area contributed by atoms with Crippen molar-refractivity contribution in [3.8, 4) is 0 Å². The van der Waals surface area contributed by atoms with E-state index in [0.29, 0.717) is 6.04 Å². The van der Waals surface area contributed by atoms with Gasteiger partial charge in [-0.15, -0.1) is 5.10 Å². The van der Waals surface area contributed by atoms with E-state index in [2.05, 4.69) is 53.9 Å². The number of pyridine rings is 1. The Balaban J connectivity index is 1.68. The zero-order chi connectivity index (χ0) is 15.1. The minimum atomic E-state index is 0.336. The number of anilines is 1. The first-order chi connectivity index (χ1) is 10.7. The SMILES string of the molecule is Cc1cc(NC2CCn3nnnc3C2)c2cc(Br)ccc2n1. The van der Waals surface area contributed by atoms with Gasteiger partial charge in [-0.1, -0.05) is 15.9 Å². The van der Waals surface area contributed by atoms with Gasteiger partial charge in [0.05, 0.1) is 5.52 Å². The molecule has 0 bridgehead atoms. The molecule has 1 aliphatic heterocycles. The molecule has 0 amide bonds. The maximum absolute atomic E-state index is 4.60. The molecule has 3 heterocycles. The molecule has 6 nitrogen and oxygen atoms in total. The lowest BCUT2D eigenvalue weighted by atomic mass is 10.1. The third-order valence-corrected chi connectivity index (χ3v) is 4.48. The van der Waals surface area contributed by atoms with E-state index >= 15 is 0 Å². The van der Waals surface area contributed by atoms with Gasteiger partial charge in [-0.2, -0.15) is 0 Å². The van der Waals surface area contributed by atoms with Gasteiger partial charge >= 0.3 is 0 Å². The Kier molecular flexibility index (Phi) is 3.29. The lowest BCUT2D eigenvalue weighted by molar-refractivity contribution is 0.445. The van der Waals surface area contributed by atoms with Crippen LogP contribution in [0.5, 0.6) is 0 Å². The first-order valence-electron chi connectivity index (χ1n) is 7.27. The molecule has 1 unspecified atom stereocenters. The van der Waals surface area contributed by atoms with E-state index in [1.807, 2.05) is 23.7 Å². The van der Waals surface area contributed by atoms with E-state index in [-0.39, 0.29) is 0 Å². The predicted octanol–water partition coefficient (Wildman–Crippen LogP) is 2.72. The van der Waals surface area contributed by atoms with Crippen LogP contribution in [0.2, 0.25) is 0 Å². The molecule has 1 aliphatic rings. The second kappa shape index (κ2) is 5.31. The van der Waals surface area contributed by atoms with Crippen molar-refractivity contribution in [3.05, 3.63) is 40.3 Å². The van der Waals surface area contributed by atoms with Crippen molar-refractivity contribution in [2.24, 2.45) is 0 Å². The largest absolute Gasteiger partial charge is 0.381 e. The molecule has 1 N–H and O–H groups in total. The van der Waals surface area contributed by atoms with Crippen LogP contribution >= 0.6 is 15.9 Å². The Morgan fingerprint density at radius 2 is 2.23 bits per heavy atom. The average molecular weight is 359 g/mol. The first-order valence-corrected chi connectivity index (χ1v) is 8.07. The number of benzene rings is 1. The summed E-state index contributed by atoms with van der Waals surface area (Å²) in [6.07, 6.45) is 1.85. The molecule has 0 fully saturated rings. The number of nitrogens with zero attached hydrogens (tertiary/aromatic N) is 5. The zero-order valence-electron chi connectivity index (χ0n) is 12.1. The van der Waals surface area contributed by atoms with Crippen molar-refractivity contribution in [2.45, 2.75) is 32.4 Å². The lowest BCUT2D eigenvalue weighted by Gasteiger charge is -2.24. The molecule has 22 heavy (non-hydrogen) atoms. The van der Waals surface area contributed by atoms with E-state index in [0.717, 1.165) is 52.0 Å². The van der Waals surface area contributed by atoms with Gasteiger partial charge in [-0.3, -0.25) is 4.98 Å². The van der Waals surface area contributed by atoms with Gasteiger partial charge in [0.1, 0.15) is 0 Å². The zero-order valence-corrected chi connectivity index (χ0v) is 13.7. The van der Waals surface area contributed by atoms with Gasteiger partial charge in [-0.05, 0) is 48.0 Å². The number of aromatic nitrogens is 5. The van der Waals surface area contributed by atoms with Crippen molar-refractivity contribution >= 4 is 32.5 Å². The van der Waals surface area contributed by atoms with Gasteiger partial charge in [0.15, 0.2) is 5.82 Å². The third kappa shape index (κ3) is 2.45. The minimum Gasteiger partial charge on any atom is -0.381 e. The Morgan fingerprint density at radius 1 is 1.32 bits per heavy atom. The van der Waals surface area contributed by atoms with Crippen LogP contribution in [0.1, 0.15) is 17.9 Å². The highest BCUT2D eigenvalue weighted by Crippen LogP contribution is 2.28. The van der Waals surface area contributed by atoms with Gasteiger partial charge in [-0.25, -0.2) is 4.68 Å². The molecule has 0 saturated heterocycles. The Hall–Kier alpha value is -2.02. The quantitative estimate of drug-likeness (QED) is 0.762. The van der Waals surface area contributed by atoms with Crippen LogP contribution in [0.25, 0.3) is 10.9 Å². The van der Waals surface area contributed by atoms with E-state index < -0.39 is 0 Å². The topological polar surface area (TPSA) is 68.5 Å². The van der Waals surface area contributed by atoms with Crippen molar-refractivity contribution in [2.75, 3.05) is 5.32 Å². The Bertz CT molecular complexity index is 843. The fourth-order valence-electron chi connectivity index (χ4n) is 2.94. The summed E-state index contributed by atoms with van der Waals surface area (Å²) in [4.78, 5) is 4.60. The van der Waals surface area contributed by atoms with E-state index in [1.165, 1.54) is 0 Å². The molecule has 1 aromatic carbocycles. The molecule has 0 aliphatic carbocycles. The minimum absolute atomic E-state index is 0.336. The normalized spacial score (nSPS) is 17.5. The summed E-state index contributed by atoms with van der Waals surface area (Å²) in [7, 11) is 0. The van der Waals surface area contributed by atoms with Crippen molar-refractivity contribution < 1.29 is 0 Å². The van der Waals surface area contributed by atoms with Crippen LogP contribution in [0, 0.1) is 6.92 Å². The second-order valence-electron chi connectivity index (χ2n) is 5.62. The summed E-state index contributed by atoms with van der Waals surface area (Å²) < 4.78 is 2.94. The molecule has 112 valence electrons. The number of fused-ring (bicyclic) bond motifs is 2. The van der Waals surface area contributed by atoms with Crippen LogP contribution in [0.4, 0.5) is 5.69 Å². The summed E-state index contributed by atoms with van der Waals surface area (Å²) >= 11 is 3.54. The van der Waals surface area contributed by atoms with E-state index in [1.54, 1.807) is 0 Å². The van der Waals surface area contributed by atoms with Crippen LogP contribution in [0.3, 0.4) is 0 Å². The van der Waals surface area contributed by atoms with E-state index in [9.17, 15) is 0 Å². The fraction of sp³-hybridized carbons (Fsp3) is 0.333. The summed E-state index contributed by atoms with van der Waals surface area (Å²) in [5, 5.41) is 16.6. The molecular weight excluding hydrogens is 344 g/mol. The fourth-order valence-corrected chi connectivity index (χ4v) is 3.30. The first kappa shape index (κ1) is 13.6.